The van der Waals surface area contributed by atoms with Crippen LogP contribution in [0.2, 0.25) is 0 Å². The maximum Gasteiger partial charge on any atom is 0.259 e. The molecule has 3 aromatic rings. The first-order valence-electron chi connectivity index (χ1n) is 7.56. The lowest BCUT2D eigenvalue weighted by atomic mass is 10.1. The van der Waals surface area contributed by atoms with Gasteiger partial charge >= 0.3 is 0 Å². The predicted octanol–water partition coefficient (Wildman–Crippen LogP) is 3.76. The molecule has 1 aromatic carbocycles. The number of nitrogens with zero attached hydrogens (tertiary/aromatic N) is 1. The second-order valence-electron chi connectivity index (χ2n) is 5.32. The summed E-state index contributed by atoms with van der Waals surface area (Å²) in [5, 5.41) is 6.49. The van der Waals surface area contributed by atoms with Crippen molar-refractivity contribution < 1.29 is 18.1 Å². The summed E-state index contributed by atoms with van der Waals surface area (Å²) >= 11 is 1.50. The van der Waals surface area contributed by atoms with Gasteiger partial charge in [-0.15, -0.1) is 11.3 Å². The fraction of sp³-hybridized carbons (Fsp3) is 0.176. The molecular weight excluding hydrogens is 348 g/mol. The zero-order chi connectivity index (χ0) is 18.0. The van der Waals surface area contributed by atoms with Crippen LogP contribution < -0.4 is 11.1 Å². The summed E-state index contributed by atoms with van der Waals surface area (Å²) in [5.74, 6) is -2.50. The molecule has 2 aromatic heterocycles. The fourth-order valence-corrected chi connectivity index (χ4v) is 3.24. The van der Waals surface area contributed by atoms with Crippen molar-refractivity contribution in [3.8, 4) is 10.6 Å². The van der Waals surface area contributed by atoms with Gasteiger partial charge in [-0.3, -0.25) is 4.79 Å². The van der Waals surface area contributed by atoms with Gasteiger partial charge in [0.15, 0.2) is 11.6 Å². The number of amides is 1. The number of halogens is 2. The summed E-state index contributed by atoms with van der Waals surface area (Å²) < 4.78 is 31.1. The summed E-state index contributed by atoms with van der Waals surface area (Å²) in [6.07, 6.45) is 0.871. The number of nitrogens with two attached hydrogens (primary N) is 1. The van der Waals surface area contributed by atoms with Crippen molar-refractivity contribution in [2.75, 3.05) is 5.73 Å². The Kier molecular flexibility index (Phi) is 4.80. The number of rotatable bonds is 5. The van der Waals surface area contributed by atoms with E-state index in [1.807, 2.05) is 19.1 Å². The number of carbonyl (C=O) groups is 1. The van der Waals surface area contributed by atoms with Gasteiger partial charge in [-0.05, 0) is 36.2 Å². The van der Waals surface area contributed by atoms with Crippen molar-refractivity contribution in [2.24, 2.45) is 0 Å². The first kappa shape index (κ1) is 17.1. The number of benzene rings is 1. The van der Waals surface area contributed by atoms with Gasteiger partial charge in [0.1, 0.15) is 11.3 Å². The minimum atomic E-state index is -0.970. The van der Waals surface area contributed by atoms with Gasteiger partial charge in [-0.2, -0.15) is 0 Å². The Bertz CT molecular complexity index is 921. The van der Waals surface area contributed by atoms with Gasteiger partial charge in [-0.25, -0.2) is 8.78 Å². The SMILES string of the molecule is CCc1ccc(-c2noc(N)c2C(=O)NCc2ccc(F)c(F)c2)s1. The molecule has 1 amide bonds. The summed E-state index contributed by atoms with van der Waals surface area (Å²) in [4.78, 5) is 14.4. The first-order valence-corrected chi connectivity index (χ1v) is 8.37. The molecule has 25 heavy (non-hydrogen) atoms. The fourth-order valence-electron chi connectivity index (χ4n) is 2.31. The number of nitrogens with one attached hydrogen (secondary N) is 1. The van der Waals surface area contributed by atoms with Gasteiger partial charge in [0.2, 0.25) is 5.88 Å². The zero-order valence-electron chi connectivity index (χ0n) is 13.3. The number of thiophene rings is 1. The Morgan fingerprint density at radius 2 is 2.08 bits per heavy atom. The van der Waals surface area contributed by atoms with Crippen LogP contribution in [0.4, 0.5) is 14.7 Å². The van der Waals surface area contributed by atoms with Gasteiger partial charge in [-0.1, -0.05) is 18.1 Å². The van der Waals surface area contributed by atoms with Gasteiger partial charge < -0.3 is 15.6 Å². The number of aromatic nitrogens is 1. The molecule has 0 atom stereocenters. The van der Waals surface area contributed by atoms with Crippen molar-refractivity contribution in [2.45, 2.75) is 19.9 Å². The van der Waals surface area contributed by atoms with E-state index in [0.717, 1.165) is 28.3 Å². The van der Waals surface area contributed by atoms with Crippen molar-refractivity contribution in [1.29, 1.82) is 0 Å². The summed E-state index contributed by atoms with van der Waals surface area (Å²) in [5.41, 5.74) is 6.66. The highest BCUT2D eigenvalue weighted by Crippen LogP contribution is 2.32. The molecule has 0 saturated carbocycles. The van der Waals surface area contributed by atoms with E-state index in [0.29, 0.717) is 11.3 Å². The van der Waals surface area contributed by atoms with Crippen LogP contribution >= 0.6 is 11.3 Å². The third kappa shape index (κ3) is 3.53. The Morgan fingerprint density at radius 3 is 2.76 bits per heavy atom. The molecule has 0 radical (unpaired) electrons. The standard InChI is InChI=1S/C17H15F2N3O2S/c1-2-10-4-6-13(25-10)15-14(16(20)24-22-15)17(23)21-8-9-3-5-11(18)12(19)7-9/h3-7H,2,8,20H2,1H3,(H,21,23). The van der Waals surface area contributed by atoms with Crippen LogP contribution in [-0.2, 0) is 13.0 Å². The lowest BCUT2D eigenvalue weighted by Gasteiger charge is -2.06. The highest BCUT2D eigenvalue weighted by Gasteiger charge is 2.23. The normalized spacial score (nSPS) is 10.8. The Hall–Kier alpha value is -2.74. The molecule has 3 rings (SSSR count). The van der Waals surface area contributed by atoms with Gasteiger partial charge in [0.25, 0.3) is 5.91 Å². The average Bonchev–Trinajstić information content (AvgIpc) is 3.22. The molecule has 0 aliphatic rings. The molecule has 0 aliphatic carbocycles. The second kappa shape index (κ2) is 7.02. The number of hydrogen-bond donors (Lipinski definition) is 2. The Morgan fingerprint density at radius 1 is 1.28 bits per heavy atom. The van der Waals surface area contributed by atoms with Crippen LogP contribution in [0, 0.1) is 11.6 Å². The molecule has 2 heterocycles. The van der Waals surface area contributed by atoms with Gasteiger partial charge in [0, 0.05) is 11.4 Å². The van der Waals surface area contributed by atoms with E-state index in [2.05, 4.69) is 10.5 Å². The summed E-state index contributed by atoms with van der Waals surface area (Å²) in [6.45, 7) is 2.05. The smallest absolute Gasteiger partial charge is 0.259 e. The quantitative estimate of drug-likeness (QED) is 0.723. The summed E-state index contributed by atoms with van der Waals surface area (Å²) in [7, 11) is 0. The molecule has 0 fully saturated rings. The summed E-state index contributed by atoms with van der Waals surface area (Å²) in [6, 6.07) is 7.23. The lowest BCUT2D eigenvalue weighted by molar-refractivity contribution is 0.0952. The highest BCUT2D eigenvalue weighted by molar-refractivity contribution is 7.15. The van der Waals surface area contributed by atoms with Crippen LogP contribution in [0.3, 0.4) is 0 Å². The maximum atomic E-state index is 13.2. The monoisotopic (exact) mass is 363 g/mol. The molecule has 8 heteroatoms. The molecule has 0 unspecified atom stereocenters. The van der Waals surface area contributed by atoms with Crippen molar-refractivity contribution >= 4 is 23.1 Å². The van der Waals surface area contributed by atoms with E-state index in [1.54, 1.807) is 0 Å². The minimum absolute atomic E-state index is 0.0186. The largest absolute Gasteiger partial charge is 0.367 e. The van der Waals surface area contributed by atoms with E-state index in [9.17, 15) is 13.6 Å². The lowest BCUT2D eigenvalue weighted by Crippen LogP contribution is -2.23. The molecule has 0 bridgehead atoms. The number of carbonyl (C=O) groups excluding carboxylic acids is 1. The number of aryl methyl sites for hydroxylation is 1. The second-order valence-corrected chi connectivity index (χ2v) is 6.49. The number of hydrogen-bond acceptors (Lipinski definition) is 5. The van der Waals surface area contributed by atoms with Crippen LogP contribution in [0.5, 0.6) is 0 Å². The van der Waals surface area contributed by atoms with Crippen molar-refractivity contribution in [3.63, 3.8) is 0 Å². The molecule has 0 saturated heterocycles. The number of anilines is 1. The molecular formula is C17H15F2N3O2S. The van der Waals surface area contributed by atoms with Crippen molar-refractivity contribution in [1.82, 2.24) is 10.5 Å². The topological polar surface area (TPSA) is 81.2 Å². The van der Waals surface area contributed by atoms with E-state index in [1.165, 1.54) is 17.4 Å². The highest BCUT2D eigenvalue weighted by atomic mass is 32.1. The molecule has 3 N–H and O–H groups in total. The van der Waals surface area contributed by atoms with E-state index in [4.69, 9.17) is 10.3 Å². The third-order valence-electron chi connectivity index (χ3n) is 3.63. The van der Waals surface area contributed by atoms with Crippen LogP contribution in [0.1, 0.15) is 27.7 Å². The van der Waals surface area contributed by atoms with Crippen LogP contribution in [0.15, 0.2) is 34.9 Å². The predicted molar refractivity (Wildman–Crippen MR) is 91.1 cm³/mol. The molecule has 5 nitrogen and oxygen atoms in total. The average molecular weight is 363 g/mol. The Labute approximate surface area is 146 Å². The van der Waals surface area contributed by atoms with Crippen LogP contribution in [0.25, 0.3) is 10.6 Å². The molecule has 0 spiro atoms. The van der Waals surface area contributed by atoms with Crippen LogP contribution in [-0.4, -0.2) is 11.1 Å². The van der Waals surface area contributed by atoms with E-state index < -0.39 is 17.5 Å². The molecule has 0 aliphatic heterocycles. The van der Waals surface area contributed by atoms with Gasteiger partial charge in [0.05, 0.1) is 4.88 Å². The Balaban J connectivity index is 1.80. The van der Waals surface area contributed by atoms with Crippen molar-refractivity contribution in [3.05, 3.63) is 58.0 Å². The zero-order valence-corrected chi connectivity index (χ0v) is 14.1. The minimum Gasteiger partial charge on any atom is -0.367 e. The first-order chi connectivity index (χ1) is 12.0. The third-order valence-corrected chi connectivity index (χ3v) is 4.86. The number of nitrogen functional groups attached to an aromatic ring is 1. The van der Waals surface area contributed by atoms with E-state index in [-0.39, 0.29) is 18.0 Å². The van der Waals surface area contributed by atoms with E-state index >= 15 is 0 Å². The maximum absolute atomic E-state index is 13.2. The molecule has 130 valence electrons.